The Kier molecular flexibility index (Phi) is 50.6. The number of carbonyl (C=O) groups is 10. The van der Waals surface area contributed by atoms with Crippen LogP contribution >= 0.6 is 0 Å². The maximum absolute atomic E-state index is 14.5. The summed E-state index contributed by atoms with van der Waals surface area (Å²) in [4.78, 5) is 141. The second-order valence-corrected chi connectivity index (χ2v) is 38.3. The molecule has 1 saturated carbocycles. The van der Waals surface area contributed by atoms with E-state index in [0.29, 0.717) is 147 Å². The smallest absolute Gasteiger partial charge is 0.416 e. The molecule has 10 rings (SSSR count). The number of anilines is 4. The third-order valence-electron chi connectivity index (χ3n) is 26.0. The summed E-state index contributed by atoms with van der Waals surface area (Å²) in [6.07, 6.45) is 9.24. The van der Waals surface area contributed by atoms with E-state index in [1.807, 2.05) is 13.8 Å². The van der Waals surface area contributed by atoms with Gasteiger partial charge in [-0.25, -0.2) is 19.4 Å². The number of aliphatic hydroxyl groups is 3. The first-order valence-corrected chi connectivity index (χ1v) is 52.1. The van der Waals surface area contributed by atoms with Crippen LogP contribution in [0.5, 0.6) is 34.8 Å². The number of nitrogens with zero attached hydrogens (tertiary/aromatic N) is 5. The first kappa shape index (κ1) is 120. The number of ether oxygens (including phenoxy) is 16. The van der Waals surface area contributed by atoms with Crippen LogP contribution < -0.4 is 66.0 Å². The van der Waals surface area contributed by atoms with Crippen molar-refractivity contribution in [2.75, 3.05) is 187 Å². The molecule has 10 amide bonds. The van der Waals surface area contributed by atoms with Crippen molar-refractivity contribution < 1.29 is 149 Å². The molecule has 1 aromatic heterocycles. The highest BCUT2D eigenvalue weighted by Crippen LogP contribution is 2.46. The molecular weight excluding hydrogens is 1950 g/mol. The van der Waals surface area contributed by atoms with Crippen LogP contribution in [0.4, 0.5) is 32.3 Å². The van der Waals surface area contributed by atoms with E-state index in [4.69, 9.17) is 75.8 Å². The van der Waals surface area contributed by atoms with Gasteiger partial charge in [0.1, 0.15) is 37.6 Å². The number of aromatic nitrogens is 1. The highest BCUT2D eigenvalue weighted by atomic mass is 16.6. The number of amides is 10. The topological polar surface area (TPSA) is 522 Å². The normalized spacial score (nSPS) is 17.3. The van der Waals surface area contributed by atoms with Gasteiger partial charge in [0.15, 0.2) is 47.2 Å². The summed E-state index contributed by atoms with van der Waals surface area (Å²) < 4.78 is 92.2. The van der Waals surface area contributed by atoms with Crippen LogP contribution in [-0.4, -0.2) is 321 Å². The van der Waals surface area contributed by atoms with Gasteiger partial charge in [0.05, 0.1) is 194 Å². The van der Waals surface area contributed by atoms with E-state index in [-0.39, 0.29) is 178 Å². The second kappa shape index (κ2) is 63.4. The summed E-state index contributed by atoms with van der Waals surface area (Å²) in [7, 11) is 4.35. The fourth-order valence-corrected chi connectivity index (χ4v) is 17.6. The molecule has 1 fully saturated rings. The number of hydrogen-bond acceptors (Lipinski definition) is 32. The maximum Gasteiger partial charge on any atom is 0.416 e. The Labute approximate surface area is 877 Å². The molecule has 4 aromatic carbocycles. The van der Waals surface area contributed by atoms with Gasteiger partial charge in [0.25, 0.3) is 11.8 Å². The van der Waals surface area contributed by atoms with Crippen molar-refractivity contribution in [3.8, 4) is 34.8 Å². The standard InChI is InChI=1S/C107H156N12O31/c1-69(2)95(113-92(121)33-39-138-43-42-135-9)99(126)109-73(7)97(124)111-78-28-24-75(25-29-78)67-149-106(133)118-83-63-89(87(136-10)60-81(83)102(129)116-65-71(5)58-85(116)104(118)131)147-37-20-17-21-38-148-90-64-84-82(61-88(90)137-11)103(130)117-66-72(6)59-86(117)105(132)119(84)107(134)150-68-76-26-30-79(31-27-76)112-98(125)74(8)110-100(127)96(70(3)4)114-93(122)34-40-139-44-46-141-48-50-143-52-54-145-56-57-146-55-53-144-51-49-142-47-45-140-41-35-108-91(120)32-36-115-94(123)62-80(101(115)128)77-22-18-15-13-12-14-16-19-23-77/h24-31,60-66,69-70,73-74,77,85-86,95-97,104-105,111,123-124,128,131-132H,12-23,32-59,67-68H2,1-11H3,(H,108,120)(H,109,126)(H,110,127)(H,112,125)(H,113,121)(H,114,122). The molecule has 5 heterocycles. The molecule has 9 unspecified atom stereocenters. The Morgan fingerprint density at radius 3 is 1.27 bits per heavy atom. The molecule has 43 heteroatoms. The predicted octanol–water partition coefficient (Wildman–Crippen LogP) is 10.1. The van der Waals surface area contributed by atoms with Gasteiger partial charge >= 0.3 is 12.2 Å². The van der Waals surface area contributed by atoms with Gasteiger partial charge in [-0.05, 0) is 138 Å². The molecule has 0 bridgehead atoms. The highest BCUT2D eigenvalue weighted by Gasteiger charge is 2.48. The largest absolute Gasteiger partial charge is 0.494 e. The van der Waals surface area contributed by atoms with Crippen LogP contribution in [0.2, 0.25) is 0 Å². The number of aromatic hydroxyl groups is 2. The fourth-order valence-electron chi connectivity index (χ4n) is 17.6. The van der Waals surface area contributed by atoms with Crippen molar-refractivity contribution in [2.24, 2.45) is 11.8 Å². The Morgan fingerprint density at radius 1 is 0.440 bits per heavy atom. The number of unbranched alkanes of at least 4 members (excludes halogenated alkanes) is 2. The molecule has 1 aliphatic carbocycles. The van der Waals surface area contributed by atoms with Crippen LogP contribution in [0.15, 0.2) is 102 Å². The summed E-state index contributed by atoms with van der Waals surface area (Å²) in [6.45, 7) is 20.2. The van der Waals surface area contributed by atoms with E-state index in [1.165, 1.54) is 91.9 Å². The van der Waals surface area contributed by atoms with E-state index in [1.54, 1.807) is 109 Å². The summed E-state index contributed by atoms with van der Waals surface area (Å²) in [6, 6.07) is 15.0. The minimum atomic E-state index is -1.60. The van der Waals surface area contributed by atoms with Crippen molar-refractivity contribution in [2.45, 2.75) is 245 Å². The van der Waals surface area contributed by atoms with Crippen molar-refractivity contribution in [1.82, 2.24) is 41.0 Å². The van der Waals surface area contributed by atoms with Crippen molar-refractivity contribution in [3.63, 3.8) is 0 Å². The molecule has 9 atom stereocenters. The zero-order valence-electron chi connectivity index (χ0n) is 88.4. The van der Waals surface area contributed by atoms with Crippen LogP contribution in [0.1, 0.15) is 208 Å². The number of aliphatic hydroxyl groups excluding tert-OH is 3. The highest BCUT2D eigenvalue weighted by molar-refractivity contribution is 6.08. The number of carbonyl (C=O) groups excluding carboxylic acids is 10. The van der Waals surface area contributed by atoms with E-state index in [9.17, 15) is 73.5 Å². The first-order chi connectivity index (χ1) is 72.4. The number of fused-ring (bicyclic) bond motifs is 4. The molecule has 0 spiro atoms. The molecule has 150 heavy (non-hydrogen) atoms. The lowest BCUT2D eigenvalue weighted by Gasteiger charge is -2.31. The zero-order valence-corrected chi connectivity index (χ0v) is 88.4. The minimum Gasteiger partial charge on any atom is -0.494 e. The third kappa shape index (κ3) is 37.2. The average molecular weight is 2110 g/mol. The quantitative estimate of drug-likeness (QED) is 0.0127. The molecule has 12 N–H and O–H groups in total. The maximum atomic E-state index is 14.5. The van der Waals surface area contributed by atoms with E-state index in [2.05, 4.69) is 37.2 Å². The lowest BCUT2D eigenvalue weighted by atomic mass is 9.88. The number of benzene rings is 4. The van der Waals surface area contributed by atoms with Gasteiger partial charge < -0.3 is 148 Å². The van der Waals surface area contributed by atoms with Gasteiger partial charge in [-0.1, -0.05) is 108 Å². The molecule has 0 radical (unpaired) electrons. The second-order valence-electron chi connectivity index (χ2n) is 38.3. The van der Waals surface area contributed by atoms with Crippen molar-refractivity contribution in [1.29, 1.82) is 0 Å². The van der Waals surface area contributed by atoms with Crippen LogP contribution in [0.25, 0.3) is 0 Å². The number of nitrogens with one attached hydrogen (secondary N) is 7. The molecule has 0 saturated heterocycles. The van der Waals surface area contributed by atoms with Crippen LogP contribution in [-0.2, 0) is 105 Å². The van der Waals surface area contributed by atoms with E-state index in [0.717, 1.165) is 52.2 Å². The van der Waals surface area contributed by atoms with Crippen molar-refractivity contribution >= 4 is 82.2 Å². The van der Waals surface area contributed by atoms with E-state index >= 15 is 0 Å². The SMILES string of the molecule is COCCOCCC(=O)NC(C(=O)NC(C)C(O)Nc1ccc(COC(=O)N2c3cc(OCCCCCOc4cc5c(cc4OC)C(=O)N4C=C(C)CC4C(O)N5C(=O)OCc4ccc(NC(=O)C(C)NC(=O)C(NC(=O)CCOCCOCCOCCOCCOCCOCCOCCOCCNC(=O)CCn5c(O)cc(C6CCCCCCCCC6)c5O)C(C)C)cc4)c(OC)cc3C(=O)N3C=C(C)CC3C2O)cc1)C(C)C. The fraction of sp³-hybridized carbons (Fsp3) is 0.607. The lowest BCUT2D eigenvalue weighted by molar-refractivity contribution is -0.132. The molecule has 5 aromatic rings. The first-order valence-electron chi connectivity index (χ1n) is 52.1. The minimum absolute atomic E-state index is 0.00636. The third-order valence-corrected chi connectivity index (χ3v) is 26.0. The van der Waals surface area contributed by atoms with Gasteiger partial charge in [-0.2, -0.15) is 0 Å². The van der Waals surface area contributed by atoms with Crippen molar-refractivity contribution in [3.05, 3.63) is 130 Å². The number of hydrogen-bond donors (Lipinski definition) is 12. The average Bonchev–Trinajstić information content (AvgIpc) is 1.60. The Bertz CT molecular complexity index is 5170. The molecule has 43 nitrogen and oxygen atoms in total. The van der Waals surface area contributed by atoms with Gasteiger partial charge in [-0.3, -0.25) is 42.9 Å². The molecule has 5 aliphatic rings. The number of rotatable bonds is 64. The molecule has 4 aliphatic heterocycles. The summed E-state index contributed by atoms with van der Waals surface area (Å²) in [5.41, 5.74) is 4.24. The van der Waals surface area contributed by atoms with E-state index < -0.39 is 103 Å². The van der Waals surface area contributed by atoms with Crippen LogP contribution in [0, 0.1) is 11.8 Å². The van der Waals surface area contributed by atoms with Crippen LogP contribution in [0.3, 0.4) is 0 Å². The Morgan fingerprint density at radius 2 is 0.847 bits per heavy atom. The zero-order chi connectivity index (χ0) is 108. The summed E-state index contributed by atoms with van der Waals surface area (Å²) in [5, 5.41) is 76.4. The van der Waals surface area contributed by atoms with Gasteiger partial charge in [0, 0.05) is 87.0 Å². The summed E-state index contributed by atoms with van der Waals surface area (Å²) >= 11 is 0. The molecule has 830 valence electrons. The monoisotopic (exact) mass is 2110 g/mol. The van der Waals surface area contributed by atoms with Gasteiger partial charge in [-0.15, -0.1) is 0 Å². The predicted molar refractivity (Wildman–Crippen MR) is 553 cm³/mol. The Hall–Kier alpha value is -12.0. The molecular formula is C107H156N12O31. The lowest BCUT2D eigenvalue weighted by Crippen LogP contribution is -2.54. The summed E-state index contributed by atoms with van der Waals surface area (Å²) in [5.74, 6) is -3.34. The Balaban J connectivity index is 0.579. The number of methoxy groups -OCH3 is 3. The van der Waals surface area contributed by atoms with Gasteiger partial charge in [0.2, 0.25) is 35.4 Å².